The van der Waals surface area contributed by atoms with Crippen LogP contribution in [0.2, 0.25) is 0 Å². The molecule has 1 unspecified atom stereocenters. The number of furan rings is 1. The van der Waals surface area contributed by atoms with Crippen molar-refractivity contribution >= 4 is 0 Å². The molecule has 3 nitrogen and oxygen atoms in total. The van der Waals surface area contributed by atoms with Crippen molar-refractivity contribution in [2.75, 3.05) is 6.61 Å². The molecule has 0 aliphatic heterocycles. The monoisotopic (exact) mass is 156 g/mol. The number of hydrogen-bond donors (Lipinski definition) is 2. The molecule has 0 amide bonds. The van der Waals surface area contributed by atoms with Gasteiger partial charge in [-0.2, -0.15) is 0 Å². The summed E-state index contributed by atoms with van der Waals surface area (Å²) in [5.41, 5.74) is 0. The zero-order valence-corrected chi connectivity index (χ0v) is 6.23. The van der Waals surface area contributed by atoms with Crippen LogP contribution in [0.25, 0.3) is 0 Å². The number of rotatable bonds is 4. The van der Waals surface area contributed by atoms with E-state index in [0.29, 0.717) is 18.6 Å². The van der Waals surface area contributed by atoms with Crippen molar-refractivity contribution in [3.8, 4) is 0 Å². The van der Waals surface area contributed by atoms with Gasteiger partial charge in [-0.3, -0.25) is 0 Å². The molecule has 0 saturated carbocycles. The fourth-order valence-corrected chi connectivity index (χ4v) is 0.908. The number of aliphatic hydroxyl groups excluding tert-OH is 2. The Hall–Kier alpha value is -0.800. The highest BCUT2D eigenvalue weighted by atomic mass is 16.4. The summed E-state index contributed by atoms with van der Waals surface area (Å²) in [6, 6.07) is 3.46. The van der Waals surface area contributed by atoms with Crippen LogP contribution in [-0.4, -0.2) is 16.8 Å². The Morgan fingerprint density at radius 3 is 2.91 bits per heavy atom. The zero-order chi connectivity index (χ0) is 8.10. The van der Waals surface area contributed by atoms with Gasteiger partial charge in [0.25, 0.3) is 0 Å². The van der Waals surface area contributed by atoms with E-state index in [2.05, 4.69) is 0 Å². The van der Waals surface area contributed by atoms with Crippen molar-refractivity contribution in [3.05, 3.63) is 24.2 Å². The van der Waals surface area contributed by atoms with Crippen LogP contribution in [0.5, 0.6) is 0 Å². The van der Waals surface area contributed by atoms with E-state index in [-0.39, 0.29) is 6.61 Å². The fourth-order valence-electron chi connectivity index (χ4n) is 0.908. The predicted octanol–water partition coefficient (Wildman–Crippen LogP) is 1.09. The van der Waals surface area contributed by atoms with Crippen molar-refractivity contribution in [2.24, 2.45) is 0 Å². The lowest BCUT2D eigenvalue weighted by Crippen LogP contribution is -1.96. The minimum Gasteiger partial charge on any atom is -0.467 e. The van der Waals surface area contributed by atoms with Crippen LogP contribution >= 0.6 is 0 Å². The van der Waals surface area contributed by atoms with E-state index in [1.165, 1.54) is 6.26 Å². The summed E-state index contributed by atoms with van der Waals surface area (Å²) in [4.78, 5) is 0. The van der Waals surface area contributed by atoms with Crippen LogP contribution in [0, 0.1) is 0 Å². The zero-order valence-electron chi connectivity index (χ0n) is 6.23. The molecule has 2 N–H and O–H groups in total. The molecule has 0 aliphatic rings. The van der Waals surface area contributed by atoms with Gasteiger partial charge in [-0.05, 0) is 25.0 Å². The molecule has 62 valence electrons. The summed E-state index contributed by atoms with van der Waals surface area (Å²) < 4.78 is 4.96. The van der Waals surface area contributed by atoms with Gasteiger partial charge in [-0.1, -0.05) is 0 Å². The standard InChI is InChI=1S/C8H12O3/c9-5-1-3-7(10)8-4-2-6-11-8/h2,4,6-7,9-10H,1,3,5H2. The second kappa shape index (κ2) is 4.16. The highest BCUT2D eigenvalue weighted by Gasteiger charge is 2.08. The molecule has 1 rings (SSSR count). The van der Waals surface area contributed by atoms with Crippen LogP contribution in [0.4, 0.5) is 0 Å². The van der Waals surface area contributed by atoms with Gasteiger partial charge >= 0.3 is 0 Å². The molecule has 0 radical (unpaired) electrons. The van der Waals surface area contributed by atoms with Crippen molar-refractivity contribution in [1.82, 2.24) is 0 Å². The van der Waals surface area contributed by atoms with Gasteiger partial charge in [0.2, 0.25) is 0 Å². The smallest absolute Gasteiger partial charge is 0.132 e. The highest BCUT2D eigenvalue weighted by molar-refractivity contribution is 5.01. The van der Waals surface area contributed by atoms with Gasteiger partial charge in [0, 0.05) is 6.61 Å². The quantitative estimate of drug-likeness (QED) is 0.686. The first-order chi connectivity index (χ1) is 5.34. The summed E-state index contributed by atoms with van der Waals surface area (Å²) in [5, 5.41) is 17.8. The minimum atomic E-state index is -0.572. The Bertz CT molecular complexity index is 181. The summed E-state index contributed by atoms with van der Waals surface area (Å²) >= 11 is 0. The highest BCUT2D eigenvalue weighted by Crippen LogP contribution is 2.17. The Morgan fingerprint density at radius 2 is 2.36 bits per heavy atom. The second-order valence-corrected chi connectivity index (χ2v) is 2.40. The lowest BCUT2D eigenvalue weighted by molar-refractivity contribution is 0.128. The van der Waals surface area contributed by atoms with Gasteiger partial charge in [-0.15, -0.1) is 0 Å². The Morgan fingerprint density at radius 1 is 1.55 bits per heavy atom. The summed E-state index contributed by atoms with van der Waals surface area (Å²) in [5.74, 6) is 0.568. The SMILES string of the molecule is OCCCC(O)c1ccco1. The molecule has 11 heavy (non-hydrogen) atoms. The maximum atomic E-state index is 9.34. The Balaban J connectivity index is 2.36. The first-order valence-corrected chi connectivity index (χ1v) is 3.67. The van der Waals surface area contributed by atoms with Gasteiger partial charge in [0.05, 0.1) is 6.26 Å². The van der Waals surface area contributed by atoms with Crippen molar-refractivity contribution in [3.63, 3.8) is 0 Å². The topological polar surface area (TPSA) is 53.6 Å². The molecule has 1 atom stereocenters. The van der Waals surface area contributed by atoms with E-state index in [0.717, 1.165) is 0 Å². The molecule has 1 aromatic heterocycles. The normalized spacial score (nSPS) is 13.3. The summed E-state index contributed by atoms with van der Waals surface area (Å²) in [6.45, 7) is 0.109. The molecule has 0 saturated heterocycles. The molecule has 0 spiro atoms. The molecule has 0 aromatic carbocycles. The summed E-state index contributed by atoms with van der Waals surface area (Å²) in [6.07, 6.45) is 2.10. The molecule has 3 heteroatoms. The molecular weight excluding hydrogens is 144 g/mol. The predicted molar refractivity (Wildman–Crippen MR) is 40.0 cm³/mol. The Labute approximate surface area is 65.3 Å². The minimum absolute atomic E-state index is 0.109. The average Bonchev–Trinajstić information content (AvgIpc) is 2.52. The van der Waals surface area contributed by atoms with Crippen LogP contribution < -0.4 is 0 Å². The molecule has 1 aromatic rings. The van der Waals surface area contributed by atoms with Gasteiger partial charge < -0.3 is 14.6 Å². The third-order valence-electron chi connectivity index (χ3n) is 1.51. The van der Waals surface area contributed by atoms with Crippen molar-refractivity contribution in [2.45, 2.75) is 18.9 Å². The van der Waals surface area contributed by atoms with E-state index in [1.807, 2.05) is 0 Å². The number of hydrogen-bond acceptors (Lipinski definition) is 3. The maximum absolute atomic E-state index is 9.34. The second-order valence-electron chi connectivity index (χ2n) is 2.40. The van der Waals surface area contributed by atoms with Gasteiger partial charge in [0.15, 0.2) is 0 Å². The van der Waals surface area contributed by atoms with E-state index in [1.54, 1.807) is 12.1 Å². The molecule has 0 bridgehead atoms. The first-order valence-electron chi connectivity index (χ1n) is 3.67. The summed E-state index contributed by atoms with van der Waals surface area (Å²) in [7, 11) is 0. The number of aliphatic hydroxyl groups is 2. The lowest BCUT2D eigenvalue weighted by atomic mass is 10.1. The third-order valence-corrected chi connectivity index (χ3v) is 1.51. The van der Waals surface area contributed by atoms with Gasteiger partial charge in [-0.25, -0.2) is 0 Å². The Kier molecular flexibility index (Phi) is 3.14. The fraction of sp³-hybridized carbons (Fsp3) is 0.500. The van der Waals surface area contributed by atoms with Crippen LogP contribution in [0.1, 0.15) is 24.7 Å². The maximum Gasteiger partial charge on any atom is 0.132 e. The van der Waals surface area contributed by atoms with E-state index in [9.17, 15) is 5.11 Å². The van der Waals surface area contributed by atoms with Crippen molar-refractivity contribution < 1.29 is 14.6 Å². The molecule has 0 aliphatic carbocycles. The molecule has 1 heterocycles. The average molecular weight is 156 g/mol. The van der Waals surface area contributed by atoms with Crippen LogP contribution in [0.15, 0.2) is 22.8 Å². The van der Waals surface area contributed by atoms with Crippen LogP contribution in [-0.2, 0) is 0 Å². The van der Waals surface area contributed by atoms with Crippen molar-refractivity contribution in [1.29, 1.82) is 0 Å². The molecule has 0 fully saturated rings. The third kappa shape index (κ3) is 2.37. The van der Waals surface area contributed by atoms with E-state index >= 15 is 0 Å². The van der Waals surface area contributed by atoms with E-state index in [4.69, 9.17) is 9.52 Å². The molecular formula is C8H12O3. The van der Waals surface area contributed by atoms with E-state index < -0.39 is 6.10 Å². The van der Waals surface area contributed by atoms with Gasteiger partial charge in [0.1, 0.15) is 11.9 Å². The lowest BCUT2D eigenvalue weighted by Gasteiger charge is -2.04. The first kappa shape index (κ1) is 8.30. The largest absolute Gasteiger partial charge is 0.467 e. The van der Waals surface area contributed by atoms with Crippen LogP contribution in [0.3, 0.4) is 0 Å².